The van der Waals surface area contributed by atoms with Gasteiger partial charge in [0.1, 0.15) is 11.6 Å². The number of ether oxygens (including phenoxy) is 1. The standard InChI is InChI=1S/C8H7O4.Ce/c1-4-3-5(9)8(12-2)7(11)6(4)10;/h11H,1-2H3;/q-1;. The van der Waals surface area contributed by atoms with Gasteiger partial charge in [-0.15, -0.1) is 11.6 Å². The molecule has 13 heavy (non-hydrogen) atoms. The maximum Gasteiger partial charge on any atom is 0.112 e. The third-order valence-electron chi connectivity index (χ3n) is 1.48. The molecule has 0 aromatic carbocycles. The molecule has 1 rings (SSSR count). The van der Waals surface area contributed by atoms with Gasteiger partial charge in [0.2, 0.25) is 0 Å². The molecule has 0 saturated carbocycles. The van der Waals surface area contributed by atoms with Crippen molar-refractivity contribution >= 4 is 11.6 Å². The quantitative estimate of drug-likeness (QED) is 0.559. The minimum absolute atomic E-state index is 0. The second kappa shape index (κ2) is 4.87. The second-order valence-corrected chi connectivity index (χ2v) is 2.29. The van der Waals surface area contributed by atoms with Crippen molar-refractivity contribution in [3.63, 3.8) is 0 Å². The van der Waals surface area contributed by atoms with Crippen LogP contribution in [0, 0.1) is 47.8 Å². The Labute approximate surface area is 109 Å². The predicted octanol–water partition coefficient (Wildman–Crippen LogP) is 0.304. The van der Waals surface area contributed by atoms with Gasteiger partial charge in [0.05, 0.1) is 18.6 Å². The average molecular weight is 307 g/mol. The summed E-state index contributed by atoms with van der Waals surface area (Å²) < 4.78 is 4.52. The van der Waals surface area contributed by atoms with Crippen molar-refractivity contribution in [2.24, 2.45) is 0 Å². The van der Waals surface area contributed by atoms with E-state index in [2.05, 4.69) is 10.8 Å². The van der Waals surface area contributed by atoms with E-state index >= 15 is 0 Å². The molecule has 0 radical (unpaired) electrons. The molecule has 0 spiro atoms. The zero-order valence-electron chi connectivity index (χ0n) is 7.17. The molecule has 0 fully saturated rings. The van der Waals surface area contributed by atoms with Gasteiger partial charge in [-0.25, -0.2) is 0 Å². The number of Topliss-reactive ketones (excluding diaryl/α,β-unsaturated/α-hetero) is 2. The Morgan fingerprint density at radius 1 is 1.38 bits per heavy atom. The van der Waals surface area contributed by atoms with E-state index in [0.717, 1.165) is 0 Å². The molecule has 1 N–H and O–H groups in total. The first-order chi connectivity index (χ1) is 5.57. The smallest absolute Gasteiger partial charge is 0.112 e. The fourth-order valence-corrected chi connectivity index (χ4v) is 0.861. The van der Waals surface area contributed by atoms with Gasteiger partial charge in [0, 0.05) is 41.7 Å². The van der Waals surface area contributed by atoms with Crippen molar-refractivity contribution < 1.29 is 61.2 Å². The Balaban J connectivity index is 0.00000144. The number of ketones is 2. The molecule has 0 saturated heterocycles. The summed E-state index contributed by atoms with van der Waals surface area (Å²) in [7, 11) is 1.21. The Bertz CT molecular complexity index is 314. The zero-order chi connectivity index (χ0) is 9.30. The molecule has 5 heteroatoms. The van der Waals surface area contributed by atoms with E-state index in [1.807, 2.05) is 0 Å². The molecule has 1 aliphatic rings. The van der Waals surface area contributed by atoms with Crippen molar-refractivity contribution in [3.05, 3.63) is 23.2 Å². The van der Waals surface area contributed by atoms with Gasteiger partial charge in [0.25, 0.3) is 0 Å². The largest absolute Gasteiger partial charge is 0.547 e. The van der Waals surface area contributed by atoms with E-state index in [-0.39, 0.29) is 53.1 Å². The molecule has 0 aromatic heterocycles. The molecule has 4 nitrogen and oxygen atoms in total. The van der Waals surface area contributed by atoms with E-state index < -0.39 is 17.3 Å². The summed E-state index contributed by atoms with van der Waals surface area (Å²) in [5, 5.41) is 9.10. The summed E-state index contributed by atoms with van der Waals surface area (Å²) in [6.45, 7) is 1.41. The number of aliphatic hydroxyl groups is 1. The van der Waals surface area contributed by atoms with Crippen LogP contribution in [0.2, 0.25) is 0 Å². The average Bonchev–Trinajstić information content (AvgIpc) is 2.01. The van der Waals surface area contributed by atoms with E-state index in [1.54, 1.807) is 0 Å². The molecule has 0 amide bonds. The Morgan fingerprint density at radius 2 is 1.92 bits per heavy atom. The van der Waals surface area contributed by atoms with Crippen molar-refractivity contribution in [2.75, 3.05) is 7.11 Å². The predicted molar refractivity (Wildman–Crippen MR) is 39.1 cm³/mol. The van der Waals surface area contributed by atoms with Crippen LogP contribution >= 0.6 is 0 Å². The Morgan fingerprint density at radius 3 is 2.38 bits per heavy atom. The SMILES string of the molecule is COC1=C(O)C(=O)C(C)=[C-]C1=O.[Ce]. The summed E-state index contributed by atoms with van der Waals surface area (Å²) in [6.07, 6.45) is 2.25. The third-order valence-corrected chi connectivity index (χ3v) is 1.48. The van der Waals surface area contributed by atoms with Crippen LogP contribution in [0.25, 0.3) is 0 Å². The minimum atomic E-state index is -0.640. The summed E-state index contributed by atoms with van der Waals surface area (Å²) in [5.41, 5.74) is 0.0956. The first kappa shape index (κ1) is 12.8. The van der Waals surface area contributed by atoms with E-state index in [4.69, 9.17) is 5.11 Å². The van der Waals surface area contributed by atoms with Gasteiger partial charge in [-0.1, -0.05) is 6.92 Å². The molecule has 0 aliphatic heterocycles. The molecule has 1 aliphatic carbocycles. The fraction of sp³-hybridized carbons (Fsp3) is 0.250. The Kier molecular flexibility index (Phi) is 4.80. The summed E-state index contributed by atoms with van der Waals surface area (Å²) >= 11 is 0. The van der Waals surface area contributed by atoms with Gasteiger partial charge in [-0.3, -0.25) is 0 Å². The number of hydrogen-bond acceptors (Lipinski definition) is 4. The summed E-state index contributed by atoms with van der Waals surface area (Å²) in [4.78, 5) is 22.0. The number of methoxy groups -OCH3 is 1. The van der Waals surface area contributed by atoms with Crippen molar-refractivity contribution in [2.45, 2.75) is 6.92 Å². The number of carbonyl (C=O) groups is 2. The van der Waals surface area contributed by atoms with Crippen LogP contribution in [-0.4, -0.2) is 23.8 Å². The maximum absolute atomic E-state index is 11.0. The first-order valence-electron chi connectivity index (χ1n) is 3.24. The van der Waals surface area contributed by atoms with Crippen molar-refractivity contribution in [3.8, 4) is 0 Å². The molecular weight excluding hydrogens is 300 g/mol. The molecule has 68 valence electrons. The van der Waals surface area contributed by atoms with Crippen LogP contribution in [0.1, 0.15) is 6.92 Å². The number of aliphatic hydroxyl groups excluding tert-OH is 1. The zero-order valence-corrected chi connectivity index (χ0v) is 10.3. The van der Waals surface area contributed by atoms with Gasteiger partial charge >= 0.3 is 0 Å². The normalized spacial score (nSPS) is 16.6. The van der Waals surface area contributed by atoms with Crippen molar-refractivity contribution in [1.82, 2.24) is 0 Å². The monoisotopic (exact) mass is 307 g/mol. The van der Waals surface area contributed by atoms with Gasteiger partial charge in [0.15, 0.2) is 0 Å². The van der Waals surface area contributed by atoms with Gasteiger partial charge in [-0.05, 0) is 0 Å². The summed E-state index contributed by atoms with van der Waals surface area (Å²) in [5.74, 6) is -2.21. The Hall–Kier alpha value is -0.203. The molecular formula is C8H7CeO4-. The van der Waals surface area contributed by atoms with Crippen LogP contribution in [-0.2, 0) is 14.3 Å². The second-order valence-electron chi connectivity index (χ2n) is 2.29. The fourth-order valence-electron chi connectivity index (χ4n) is 0.861. The van der Waals surface area contributed by atoms with Crippen LogP contribution in [0.3, 0.4) is 0 Å². The minimum Gasteiger partial charge on any atom is -0.547 e. The molecule has 0 atom stereocenters. The summed E-state index contributed by atoms with van der Waals surface area (Å²) in [6, 6.07) is 0. The van der Waals surface area contributed by atoms with Gasteiger partial charge < -0.3 is 19.4 Å². The third kappa shape index (κ3) is 2.38. The number of hydrogen-bond donors (Lipinski definition) is 1. The van der Waals surface area contributed by atoms with Gasteiger partial charge in [-0.2, -0.15) is 0 Å². The number of allylic oxidation sites excluding steroid dienone is 2. The molecule has 0 heterocycles. The maximum atomic E-state index is 11.0. The van der Waals surface area contributed by atoms with Crippen LogP contribution in [0.15, 0.2) is 17.1 Å². The van der Waals surface area contributed by atoms with E-state index in [0.29, 0.717) is 0 Å². The van der Waals surface area contributed by atoms with Crippen LogP contribution < -0.4 is 0 Å². The molecule has 0 bridgehead atoms. The topological polar surface area (TPSA) is 63.6 Å². The van der Waals surface area contributed by atoms with E-state index in [9.17, 15) is 9.59 Å². The first-order valence-corrected chi connectivity index (χ1v) is 3.24. The van der Waals surface area contributed by atoms with E-state index in [1.165, 1.54) is 14.0 Å². The van der Waals surface area contributed by atoms with Crippen molar-refractivity contribution in [1.29, 1.82) is 0 Å². The number of carbonyl (C=O) groups excluding carboxylic acids is 2. The number of rotatable bonds is 1. The van der Waals surface area contributed by atoms with Crippen LogP contribution in [0.4, 0.5) is 0 Å². The molecule has 0 aromatic rings. The van der Waals surface area contributed by atoms with Crippen LogP contribution in [0.5, 0.6) is 0 Å². The molecule has 0 unspecified atom stereocenters.